The molecule has 25 heavy (non-hydrogen) atoms. The molecule has 0 saturated carbocycles. The number of hydrazone groups is 1. The zero-order valence-corrected chi connectivity index (χ0v) is 13.9. The molecular formula is C18H20N4O3. The fourth-order valence-corrected chi connectivity index (χ4v) is 2.11. The number of pyridine rings is 1. The number of amides is 2. The minimum Gasteiger partial charge on any atom is -0.450 e. The number of hydrogen-bond acceptors (Lipinski definition) is 5. The molecule has 1 aromatic heterocycles. The Morgan fingerprint density at radius 3 is 2.60 bits per heavy atom. The van der Waals surface area contributed by atoms with Crippen molar-refractivity contribution in [3.63, 3.8) is 0 Å². The van der Waals surface area contributed by atoms with E-state index in [2.05, 4.69) is 20.8 Å². The lowest BCUT2D eigenvalue weighted by atomic mass is 10.0. The maximum absolute atomic E-state index is 12.1. The molecule has 0 fully saturated rings. The van der Waals surface area contributed by atoms with Crippen molar-refractivity contribution in [2.75, 3.05) is 6.61 Å². The summed E-state index contributed by atoms with van der Waals surface area (Å²) in [6, 6.07) is 12.3. The Kier molecular flexibility index (Phi) is 7.12. The summed E-state index contributed by atoms with van der Waals surface area (Å²) >= 11 is 0. The van der Waals surface area contributed by atoms with E-state index in [1.165, 1.54) is 6.21 Å². The van der Waals surface area contributed by atoms with E-state index in [0.29, 0.717) is 0 Å². The molecule has 2 aromatic rings. The quantitative estimate of drug-likeness (QED) is 0.598. The van der Waals surface area contributed by atoms with Gasteiger partial charge in [-0.05, 0) is 30.2 Å². The summed E-state index contributed by atoms with van der Waals surface area (Å²) in [5, 5.41) is 6.60. The minimum absolute atomic E-state index is 0.0382. The molecule has 2 amide bonds. The van der Waals surface area contributed by atoms with Gasteiger partial charge in [0.05, 0.1) is 25.3 Å². The van der Waals surface area contributed by atoms with Gasteiger partial charge in [-0.3, -0.25) is 9.78 Å². The van der Waals surface area contributed by atoms with Crippen molar-refractivity contribution in [2.24, 2.45) is 5.10 Å². The highest BCUT2D eigenvalue weighted by molar-refractivity contribution is 5.82. The Morgan fingerprint density at radius 2 is 1.92 bits per heavy atom. The van der Waals surface area contributed by atoms with Crippen LogP contribution in [-0.2, 0) is 9.53 Å². The van der Waals surface area contributed by atoms with Crippen LogP contribution in [0.4, 0.5) is 4.79 Å². The number of nitrogens with one attached hydrogen (secondary N) is 2. The van der Waals surface area contributed by atoms with Gasteiger partial charge in [-0.2, -0.15) is 5.10 Å². The molecule has 7 heteroatoms. The molecule has 0 spiro atoms. The summed E-state index contributed by atoms with van der Waals surface area (Å²) < 4.78 is 4.90. The lowest BCUT2D eigenvalue weighted by Gasteiger charge is -2.18. The van der Waals surface area contributed by atoms with E-state index in [1.54, 1.807) is 31.5 Å². The molecule has 0 saturated heterocycles. The van der Waals surface area contributed by atoms with Crippen molar-refractivity contribution >= 4 is 18.2 Å². The number of ether oxygens (including phenoxy) is 1. The number of carbonyl (C=O) groups excluding carboxylic acids is 2. The maximum atomic E-state index is 12.1. The normalized spacial score (nSPS) is 11.7. The zero-order chi connectivity index (χ0) is 17.9. The van der Waals surface area contributed by atoms with Crippen LogP contribution < -0.4 is 10.7 Å². The Hall–Kier alpha value is -3.22. The summed E-state index contributed by atoms with van der Waals surface area (Å²) in [7, 11) is 0. The SMILES string of the molecule is CCOC(=O)N[C@@H](CC(=O)N/N=C\c1ccncc1)c1ccccc1. The van der Waals surface area contributed by atoms with Crippen molar-refractivity contribution in [1.29, 1.82) is 0 Å². The van der Waals surface area contributed by atoms with E-state index in [4.69, 9.17) is 4.74 Å². The summed E-state index contributed by atoms with van der Waals surface area (Å²) in [4.78, 5) is 27.7. The van der Waals surface area contributed by atoms with Gasteiger partial charge in [-0.25, -0.2) is 10.2 Å². The Bertz CT molecular complexity index is 705. The first kappa shape index (κ1) is 18.1. The van der Waals surface area contributed by atoms with Crippen molar-refractivity contribution in [1.82, 2.24) is 15.7 Å². The van der Waals surface area contributed by atoms with Gasteiger partial charge in [-0.15, -0.1) is 0 Å². The Labute approximate surface area is 146 Å². The number of hydrogen-bond donors (Lipinski definition) is 2. The molecule has 0 bridgehead atoms. The fourth-order valence-electron chi connectivity index (χ4n) is 2.11. The van der Waals surface area contributed by atoms with Crippen LogP contribution in [0.15, 0.2) is 60.0 Å². The lowest BCUT2D eigenvalue weighted by molar-refractivity contribution is -0.121. The molecule has 0 aliphatic carbocycles. The first-order chi connectivity index (χ1) is 12.2. The van der Waals surface area contributed by atoms with Crippen LogP contribution in [-0.4, -0.2) is 29.8 Å². The predicted octanol–water partition coefficient (Wildman–Crippen LogP) is 2.41. The number of benzene rings is 1. The smallest absolute Gasteiger partial charge is 0.407 e. The van der Waals surface area contributed by atoms with Gasteiger partial charge in [0.1, 0.15) is 0 Å². The van der Waals surface area contributed by atoms with Crippen LogP contribution in [0, 0.1) is 0 Å². The molecule has 0 aliphatic heterocycles. The van der Waals surface area contributed by atoms with Gasteiger partial charge in [0.2, 0.25) is 5.91 Å². The molecule has 1 heterocycles. The lowest BCUT2D eigenvalue weighted by Crippen LogP contribution is -2.33. The standard InChI is InChI=1S/C18H20N4O3/c1-2-25-18(24)21-16(15-6-4-3-5-7-15)12-17(23)22-20-13-14-8-10-19-11-9-14/h3-11,13,16H,2,12H2,1H3,(H,21,24)(H,22,23)/b20-13-/t16-/m0/s1. The largest absolute Gasteiger partial charge is 0.450 e. The van der Waals surface area contributed by atoms with Crippen molar-refractivity contribution in [2.45, 2.75) is 19.4 Å². The second-order valence-electron chi connectivity index (χ2n) is 5.11. The average molecular weight is 340 g/mol. The fraction of sp³-hybridized carbons (Fsp3) is 0.222. The molecular weight excluding hydrogens is 320 g/mol. The predicted molar refractivity (Wildman–Crippen MR) is 93.9 cm³/mol. The topological polar surface area (TPSA) is 92.7 Å². The summed E-state index contributed by atoms with van der Waals surface area (Å²) in [6.07, 6.45) is 4.27. The maximum Gasteiger partial charge on any atom is 0.407 e. The van der Waals surface area contributed by atoms with Crippen molar-refractivity contribution in [3.05, 3.63) is 66.0 Å². The average Bonchev–Trinajstić information content (AvgIpc) is 2.63. The van der Waals surface area contributed by atoms with Crippen LogP contribution in [0.25, 0.3) is 0 Å². The highest BCUT2D eigenvalue weighted by atomic mass is 16.5. The third kappa shape index (κ3) is 6.42. The van der Waals surface area contributed by atoms with Gasteiger partial charge >= 0.3 is 6.09 Å². The van der Waals surface area contributed by atoms with Gasteiger partial charge in [0.15, 0.2) is 0 Å². The molecule has 2 N–H and O–H groups in total. The minimum atomic E-state index is -0.565. The third-order valence-electron chi connectivity index (χ3n) is 3.27. The highest BCUT2D eigenvalue weighted by Gasteiger charge is 2.18. The van der Waals surface area contributed by atoms with E-state index in [1.807, 2.05) is 30.3 Å². The van der Waals surface area contributed by atoms with Crippen molar-refractivity contribution in [3.8, 4) is 0 Å². The van der Waals surface area contributed by atoms with Gasteiger partial charge in [0.25, 0.3) is 0 Å². The number of nitrogens with zero attached hydrogens (tertiary/aromatic N) is 2. The number of rotatable bonds is 7. The number of carbonyl (C=O) groups is 2. The van der Waals surface area contributed by atoms with Gasteiger partial charge in [0, 0.05) is 12.4 Å². The molecule has 1 aromatic carbocycles. The van der Waals surface area contributed by atoms with Crippen LogP contribution in [0.1, 0.15) is 30.5 Å². The number of alkyl carbamates (subject to hydrolysis) is 1. The molecule has 7 nitrogen and oxygen atoms in total. The second-order valence-corrected chi connectivity index (χ2v) is 5.11. The van der Waals surface area contributed by atoms with Gasteiger partial charge < -0.3 is 10.1 Å². The molecule has 0 unspecified atom stereocenters. The van der Waals surface area contributed by atoms with Crippen LogP contribution in [0.2, 0.25) is 0 Å². The van der Waals surface area contributed by atoms with E-state index in [0.717, 1.165) is 11.1 Å². The summed E-state index contributed by atoms with van der Waals surface area (Å²) in [5.74, 6) is -0.323. The monoisotopic (exact) mass is 340 g/mol. The highest BCUT2D eigenvalue weighted by Crippen LogP contribution is 2.16. The summed E-state index contributed by atoms with van der Waals surface area (Å²) in [6.45, 7) is 1.98. The first-order valence-electron chi connectivity index (χ1n) is 7.89. The van der Waals surface area contributed by atoms with E-state index < -0.39 is 12.1 Å². The zero-order valence-electron chi connectivity index (χ0n) is 13.9. The molecule has 1 atom stereocenters. The third-order valence-corrected chi connectivity index (χ3v) is 3.27. The van der Waals surface area contributed by atoms with E-state index in [-0.39, 0.29) is 18.9 Å². The Morgan fingerprint density at radius 1 is 1.20 bits per heavy atom. The van der Waals surface area contributed by atoms with Gasteiger partial charge in [-0.1, -0.05) is 30.3 Å². The van der Waals surface area contributed by atoms with Crippen LogP contribution in [0.5, 0.6) is 0 Å². The molecule has 2 rings (SSSR count). The molecule has 0 radical (unpaired) electrons. The summed E-state index contributed by atoms with van der Waals surface area (Å²) in [5.41, 5.74) is 4.08. The van der Waals surface area contributed by atoms with E-state index >= 15 is 0 Å². The van der Waals surface area contributed by atoms with Crippen molar-refractivity contribution < 1.29 is 14.3 Å². The second kappa shape index (κ2) is 9.82. The van der Waals surface area contributed by atoms with E-state index in [9.17, 15) is 9.59 Å². The molecule has 0 aliphatic rings. The molecule has 130 valence electrons. The number of aromatic nitrogens is 1. The first-order valence-corrected chi connectivity index (χ1v) is 7.89. The van der Waals surface area contributed by atoms with Crippen LogP contribution >= 0.6 is 0 Å². The van der Waals surface area contributed by atoms with Crippen LogP contribution in [0.3, 0.4) is 0 Å². The Balaban J connectivity index is 1.96.